The minimum Gasteiger partial charge on any atom is -0.507 e. The summed E-state index contributed by atoms with van der Waals surface area (Å²) in [6.07, 6.45) is 0. The molecule has 0 amide bonds. The van der Waals surface area contributed by atoms with Crippen LogP contribution in [-0.2, 0) is 0 Å². The second kappa shape index (κ2) is 4.88. The highest BCUT2D eigenvalue weighted by Crippen LogP contribution is 2.37. The van der Waals surface area contributed by atoms with Crippen LogP contribution in [0.5, 0.6) is 5.75 Å². The number of hydrogen-bond donors (Lipinski definition) is 2. The molecule has 0 atom stereocenters. The second-order valence-electron chi connectivity index (χ2n) is 6.78. The van der Waals surface area contributed by atoms with E-state index in [0.29, 0.717) is 16.7 Å². The number of benzene rings is 1. The predicted octanol–water partition coefficient (Wildman–Crippen LogP) is 1.81. The third kappa shape index (κ3) is 2.03. The van der Waals surface area contributed by atoms with E-state index in [-0.39, 0.29) is 5.75 Å². The average Bonchev–Trinajstić information content (AvgIpc) is 2.52. The molecule has 24 heavy (non-hydrogen) atoms. The van der Waals surface area contributed by atoms with Crippen LogP contribution in [0.15, 0.2) is 42.5 Å². The third-order valence-corrected chi connectivity index (χ3v) is 4.98. The van der Waals surface area contributed by atoms with E-state index in [0.717, 1.165) is 43.0 Å². The highest BCUT2D eigenvalue weighted by molar-refractivity contribution is 5.81. The lowest BCUT2D eigenvalue weighted by molar-refractivity contribution is 0.120. The van der Waals surface area contributed by atoms with E-state index in [4.69, 9.17) is 4.98 Å². The molecule has 0 unspecified atom stereocenters. The molecular formula is C18H17N5O. The van der Waals surface area contributed by atoms with Crippen LogP contribution in [0, 0.1) is 5.41 Å². The van der Waals surface area contributed by atoms with Crippen LogP contribution in [0.1, 0.15) is 0 Å². The number of anilines is 1. The molecule has 0 radical (unpaired) electrons. The molecule has 3 aromatic rings. The molecule has 2 fully saturated rings. The Balaban J connectivity index is 1.50. The molecule has 5 rings (SSSR count). The molecule has 2 N–H and O–H groups in total. The van der Waals surface area contributed by atoms with E-state index < -0.39 is 0 Å². The van der Waals surface area contributed by atoms with Gasteiger partial charge in [0.15, 0.2) is 0 Å². The zero-order valence-corrected chi connectivity index (χ0v) is 13.1. The quantitative estimate of drug-likeness (QED) is 0.750. The molecule has 2 aliphatic rings. The van der Waals surface area contributed by atoms with Crippen molar-refractivity contribution in [1.29, 1.82) is 0 Å². The van der Waals surface area contributed by atoms with Crippen molar-refractivity contribution in [1.82, 2.24) is 20.5 Å². The first-order chi connectivity index (χ1) is 11.7. The first-order valence-electron chi connectivity index (χ1n) is 8.11. The van der Waals surface area contributed by atoms with Gasteiger partial charge in [0.05, 0.1) is 11.2 Å². The van der Waals surface area contributed by atoms with Gasteiger partial charge in [-0.2, -0.15) is 0 Å². The van der Waals surface area contributed by atoms with Gasteiger partial charge in [0, 0.05) is 37.2 Å². The fourth-order valence-electron chi connectivity index (χ4n) is 3.54. The van der Waals surface area contributed by atoms with Crippen LogP contribution in [-0.4, -0.2) is 46.5 Å². The van der Waals surface area contributed by atoms with Crippen molar-refractivity contribution in [3.05, 3.63) is 42.5 Å². The Morgan fingerprint density at radius 3 is 2.58 bits per heavy atom. The summed E-state index contributed by atoms with van der Waals surface area (Å²) in [6, 6.07) is 13.0. The molecule has 0 aliphatic carbocycles. The maximum absolute atomic E-state index is 10.0. The van der Waals surface area contributed by atoms with Crippen LogP contribution < -0.4 is 10.2 Å². The fraction of sp³-hybridized carbons (Fsp3) is 0.278. The van der Waals surface area contributed by atoms with Crippen molar-refractivity contribution >= 4 is 16.9 Å². The summed E-state index contributed by atoms with van der Waals surface area (Å²) in [4.78, 5) is 7.06. The Labute approximate surface area is 139 Å². The fourth-order valence-corrected chi connectivity index (χ4v) is 3.54. The van der Waals surface area contributed by atoms with Gasteiger partial charge in [-0.1, -0.05) is 12.1 Å². The standard InChI is InChI=1S/C18H17N5O/c24-16-4-2-1-3-12(16)14-7-15-13(21-22-14)5-6-17(20-15)23-10-18(11-23)8-19-9-18/h1-7,19,24H,8-11H2. The molecule has 2 aliphatic heterocycles. The Bertz CT molecular complexity index is 930. The van der Waals surface area contributed by atoms with E-state index >= 15 is 0 Å². The van der Waals surface area contributed by atoms with Gasteiger partial charge in [0.25, 0.3) is 0 Å². The highest BCUT2D eigenvalue weighted by atomic mass is 16.3. The van der Waals surface area contributed by atoms with E-state index in [2.05, 4.69) is 20.4 Å². The van der Waals surface area contributed by atoms with Crippen molar-refractivity contribution in [3.63, 3.8) is 0 Å². The first kappa shape index (κ1) is 13.7. The topological polar surface area (TPSA) is 74.2 Å². The normalized spacial score (nSPS) is 18.4. The predicted molar refractivity (Wildman–Crippen MR) is 91.9 cm³/mol. The number of rotatable bonds is 2. The molecule has 120 valence electrons. The zero-order valence-electron chi connectivity index (χ0n) is 13.1. The number of para-hydroxylation sites is 1. The molecule has 6 heteroatoms. The van der Waals surface area contributed by atoms with E-state index in [9.17, 15) is 5.11 Å². The summed E-state index contributed by atoms with van der Waals surface area (Å²) in [5, 5.41) is 21.8. The maximum Gasteiger partial charge on any atom is 0.129 e. The van der Waals surface area contributed by atoms with Crippen LogP contribution in [0.4, 0.5) is 5.82 Å². The zero-order chi connectivity index (χ0) is 16.1. The molecule has 6 nitrogen and oxygen atoms in total. The first-order valence-corrected chi connectivity index (χ1v) is 8.11. The number of phenolic OH excluding ortho intramolecular Hbond substituents is 1. The monoisotopic (exact) mass is 319 g/mol. The van der Waals surface area contributed by atoms with Crippen molar-refractivity contribution in [2.75, 3.05) is 31.1 Å². The van der Waals surface area contributed by atoms with Crippen LogP contribution >= 0.6 is 0 Å². The smallest absolute Gasteiger partial charge is 0.129 e. The third-order valence-electron chi connectivity index (χ3n) is 4.98. The van der Waals surface area contributed by atoms with Gasteiger partial charge in [0.2, 0.25) is 0 Å². The molecule has 4 heterocycles. The van der Waals surface area contributed by atoms with Crippen molar-refractivity contribution in [2.45, 2.75) is 0 Å². The molecular weight excluding hydrogens is 302 g/mol. The van der Waals surface area contributed by atoms with Crippen LogP contribution in [0.3, 0.4) is 0 Å². The van der Waals surface area contributed by atoms with Gasteiger partial charge in [-0.05, 0) is 30.3 Å². The summed E-state index contributed by atoms with van der Waals surface area (Å²) in [5.74, 6) is 1.18. The SMILES string of the molecule is Oc1ccccc1-c1cc2nc(N3CC4(CNC4)C3)ccc2nn1. The van der Waals surface area contributed by atoms with Crippen molar-refractivity contribution in [2.24, 2.45) is 5.41 Å². The van der Waals surface area contributed by atoms with Crippen LogP contribution in [0.2, 0.25) is 0 Å². The van der Waals surface area contributed by atoms with Crippen LogP contribution in [0.25, 0.3) is 22.3 Å². The van der Waals surface area contributed by atoms with Gasteiger partial charge in [-0.3, -0.25) is 0 Å². The summed E-state index contributed by atoms with van der Waals surface area (Å²) in [5.41, 5.74) is 3.33. The average molecular weight is 319 g/mol. The summed E-state index contributed by atoms with van der Waals surface area (Å²) in [6.45, 7) is 4.34. The summed E-state index contributed by atoms with van der Waals surface area (Å²) in [7, 11) is 0. The van der Waals surface area contributed by atoms with E-state index in [1.54, 1.807) is 12.1 Å². The number of fused-ring (bicyclic) bond motifs is 1. The number of phenols is 1. The molecule has 0 bridgehead atoms. The lowest BCUT2D eigenvalue weighted by atomic mass is 9.74. The van der Waals surface area contributed by atoms with Crippen molar-refractivity contribution < 1.29 is 5.11 Å². The molecule has 1 aromatic carbocycles. The highest BCUT2D eigenvalue weighted by Gasteiger charge is 2.47. The molecule has 0 saturated carbocycles. The maximum atomic E-state index is 10.0. The minimum atomic E-state index is 0.199. The minimum absolute atomic E-state index is 0.199. The molecule has 2 saturated heterocycles. The summed E-state index contributed by atoms with van der Waals surface area (Å²) >= 11 is 0. The number of pyridine rings is 1. The second-order valence-corrected chi connectivity index (χ2v) is 6.78. The summed E-state index contributed by atoms with van der Waals surface area (Å²) < 4.78 is 0. The van der Waals surface area contributed by atoms with Gasteiger partial charge >= 0.3 is 0 Å². The number of hydrogen-bond acceptors (Lipinski definition) is 6. The Morgan fingerprint density at radius 1 is 1.00 bits per heavy atom. The van der Waals surface area contributed by atoms with E-state index in [1.165, 1.54) is 0 Å². The Hall–Kier alpha value is -2.73. The number of nitrogens with one attached hydrogen (secondary N) is 1. The van der Waals surface area contributed by atoms with Gasteiger partial charge in [0.1, 0.15) is 17.1 Å². The lowest BCUT2D eigenvalue weighted by Gasteiger charge is -2.56. The number of nitrogens with zero attached hydrogens (tertiary/aromatic N) is 4. The largest absolute Gasteiger partial charge is 0.507 e. The lowest BCUT2D eigenvalue weighted by Crippen LogP contribution is -2.71. The Kier molecular flexibility index (Phi) is 2.78. The van der Waals surface area contributed by atoms with Gasteiger partial charge < -0.3 is 15.3 Å². The van der Waals surface area contributed by atoms with Gasteiger partial charge in [-0.15, -0.1) is 10.2 Å². The number of aromatic nitrogens is 3. The van der Waals surface area contributed by atoms with E-state index in [1.807, 2.05) is 30.3 Å². The number of aromatic hydroxyl groups is 1. The Morgan fingerprint density at radius 2 is 1.83 bits per heavy atom. The molecule has 2 aromatic heterocycles. The van der Waals surface area contributed by atoms with Gasteiger partial charge in [-0.25, -0.2) is 4.98 Å². The molecule has 1 spiro atoms. The van der Waals surface area contributed by atoms with Crippen molar-refractivity contribution in [3.8, 4) is 17.0 Å².